The third kappa shape index (κ3) is 3.33. The molecule has 0 spiro atoms. The van der Waals surface area contributed by atoms with E-state index >= 15 is 0 Å². The normalized spacial score (nSPS) is 13.6. The molecule has 0 aromatic heterocycles. The highest BCUT2D eigenvalue weighted by Crippen LogP contribution is 2.34. The number of imide groups is 1. The van der Waals surface area contributed by atoms with E-state index in [2.05, 4.69) is 5.32 Å². The largest absolute Gasteiger partial charge is 0.350 e. The second-order valence-electron chi connectivity index (χ2n) is 6.80. The lowest BCUT2D eigenvalue weighted by Crippen LogP contribution is -2.32. The zero-order valence-corrected chi connectivity index (χ0v) is 16.0. The maximum Gasteiger partial charge on any atom is 0.282 e. The van der Waals surface area contributed by atoms with Crippen molar-refractivity contribution in [1.82, 2.24) is 0 Å². The zero-order valence-electron chi connectivity index (χ0n) is 16.0. The van der Waals surface area contributed by atoms with Crippen molar-refractivity contribution >= 4 is 28.8 Å². The average molecular weight is 397 g/mol. The summed E-state index contributed by atoms with van der Waals surface area (Å²) in [7, 11) is 0. The zero-order chi connectivity index (χ0) is 21.3. The number of anilines is 2. The van der Waals surface area contributed by atoms with Gasteiger partial charge in [0.25, 0.3) is 11.8 Å². The highest BCUT2D eigenvalue weighted by atomic mass is 19.1. The predicted molar refractivity (Wildman–Crippen MR) is 112 cm³/mol. The maximum absolute atomic E-state index is 13.4. The van der Waals surface area contributed by atoms with Gasteiger partial charge >= 0.3 is 0 Å². The van der Waals surface area contributed by atoms with Crippen LogP contribution in [-0.2, 0) is 9.59 Å². The summed E-state index contributed by atoms with van der Waals surface area (Å²) >= 11 is 0. The summed E-state index contributed by atoms with van der Waals surface area (Å²) in [6, 6.07) is 21.0. The number of rotatable bonds is 4. The molecule has 3 aromatic carbocycles. The second kappa shape index (κ2) is 7.64. The SMILES string of the molecule is Cc1ccccc1NC1=C(c2ccc(F)cc2)C(=O)N(c2ccc(C#N)cc2)C1=O. The van der Waals surface area contributed by atoms with Crippen molar-refractivity contribution in [1.29, 1.82) is 5.26 Å². The van der Waals surface area contributed by atoms with Crippen LogP contribution in [0.15, 0.2) is 78.5 Å². The minimum absolute atomic E-state index is 0.116. The van der Waals surface area contributed by atoms with Gasteiger partial charge < -0.3 is 5.32 Å². The lowest BCUT2D eigenvalue weighted by molar-refractivity contribution is -0.120. The standard InChI is InChI=1S/C24H16FN3O2/c1-15-4-2-3-5-20(15)27-22-21(17-8-10-18(25)11-9-17)23(29)28(24(22)30)19-12-6-16(14-26)7-13-19/h2-13,27H,1H3. The molecule has 6 heteroatoms. The van der Waals surface area contributed by atoms with Crippen LogP contribution in [0.3, 0.4) is 0 Å². The third-order valence-electron chi connectivity index (χ3n) is 4.88. The van der Waals surface area contributed by atoms with Crippen LogP contribution >= 0.6 is 0 Å². The summed E-state index contributed by atoms with van der Waals surface area (Å²) in [6.07, 6.45) is 0. The topological polar surface area (TPSA) is 73.2 Å². The number of hydrogen-bond acceptors (Lipinski definition) is 4. The molecule has 0 radical (unpaired) electrons. The number of para-hydroxylation sites is 1. The van der Waals surface area contributed by atoms with E-state index in [0.717, 1.165) is 10.5 Å². The number of aryl methyl sites for hydroxylation is 1. The Morgan fingerprint density at radius 2 is 1.57 bits per heavy atom. The highest BCUT2D eigenvalue weighted by molar-refractivity contribution is 6.46. The Morgan fingerprint density at radius 3 is 2.20 bits per heavy atom. The van der Waals surface area contributed by atoms with E-state index in [-0.39, 0.29) is 11.3 Å². The first-order chi connectivity index (χ1) is 14.5. The summed E-state index contributed by atoms with van der Waals surface area (Å²) in [4.78, 5) is 27.6. The minimum atomic E-state index is -0.521. The van der Waals surface area contributed by atoms with Crippen molar-refractivity contribution in [2.24, 2.45) is 0 Å². The Kier molecular flexibility index (Phi) is 4.87. The molecule has 1 aliphatic rings. The molecule has 30 heavy (non-hydrogen) atoms. The predicted octanol–water partition coefficient (Wildman–Crippen LogP) is 4.40. The van der Waals surface area contributed by atoms with Gasteiger partial charge in [0.05, 0.1) is 22.9 Å². The molecular weight excluding hydrogens is 381 g/mol. The van der Waals surface area contributed by atoms with Gasteiger partial charge in [-0.3, -0.25) is 9.59 Å². The smallest absolute Gasteiger partial charge is 0.282 e. The Morgan fingerprint density at radius 1 is 0.900 bits per heavy atom. The van der Waals surface area contributed by atoms with Crippen LogP contribution in [0.1, 0.15) is 16.7 Å². The summed E-state index contributed by atoms with van der Waals surface area (Å²) in [5.41, 5.74) is 3.07. The fraction of sp³-hybridized carbons (Fsp3) is 0.0417. The molecular formula is C24H16FN3O2. The van der Waals surface area contributed by atoms with Crippen molar-refractivity contribution in [3.05, 3.63) is 101 Å². The first-order valence-corrected chi connectivity index (χ1v) is 9.21. The number of nitrogens with one attached hydrogen (secondary N) is 1. The highest BCUT2D eigenvalue weighted by Gasteiger charge is 2.40. The number of halogens is 1. The summed E-state index contributed by atoms with van der Waals surface area (Å²) in [6.45, 7) is 1.89. The maximum atomic E-state index is 13.4. The number of carbonyl (C=O) groups excluding carboxylic acids is 2. The lowest BCUT2D eigenvalue weighted by Gasteiger charge is -2.15. The Bertz CT molecular complexity index is 1220. The van der Waals surface area contributed by atoms with Crippen LogP contribution in [0, 0.1) is 24.1 Å². The molecule has 5 nitrogen and oxygen atoms in total. The fourth-order valence-corrected chi connectivity index (χ4v) is 3.30. The molecule has 3 aromatic rings. The van der Waals surface area contributed by atoms with E-state index in [1.54, 1.807) is 24.3 Å². The number of hydrogen-bond donors (Lipinski definition) is 1. The van der Waals surface area contributed by atoms with Crippen molar-refractivity contribution < 1.29 is 14.0 Å². The van der Waals surface area contributed by atoms with Gasteiger partial charge in [-0.05, 0) is 60.5 Å². The van der Waals surface area contributed by atoms with Gasteiger partial charge in [0, 0.05) is 5.69 Å². The summed E-state index contributed by atoms with van der Waals surface area (Å²) < 4.78 is 13.4. The molecule has 0 saturated carbocycles. The molecule has 0 fully saturated rings. The van der Waals surface area contributed by atoms with Gasteiger partial charge in [-0.1, -0.05) is 30.3 Å². The Balaban J connectivity index is 1.82. The Hall–Kier alpha value is -4.24. The quantitative estimate of drug-likeness (QED) is 0.662. The van der Waals surface area contributed by atoms with E-state index in [9.17, 15) is 14.0 Å². The molecule has 146 valence electrons. The summed E-state index contributed by atoms with van der Waals surface area (Å²) in [5, 5.41) is 12.1. The van der Waals surface area contributed by atoms with Crippen molar-refractivity contribution in [2.45, 2.75) is 6.92 Å². The van der Waals surface area contributed by atoms with Gasteiger partial charge in [0.15, 0.2) is 0 Å². The third-order valence-corrected chi connectivity index (χ3v) is 4.88. The van der Waals surface area contributed by atoms with Crippen LogP contribution in [0.2, 0.25) is 0 Å². The van der Waals surface area contributed by atoms with Crippen LogP contribution in [0.25, 0.3) is 5.57 Å². The van der Waals surface area contributed by atoms with Crippen LogP contribution in [0.5, 0.6) is 0 Å². The van der Waals surface area contributed by atoms with Gasteiger partial charge in [-0.15, -0.1) is 0 Å². The molecule has 1 N–H and O–H groups in total. The molecule has 0 aliphatic carbocycles. The van der Waals surface area contributed by atoms with E-state index in [0.29, 0.717) is 22.5 Å². The first kappa shape index (κ1) is 19.1. The van der Waals surface area contributed by atoms with Crippen molar-refractivity contribution in [2.75, 3.05) is 10.2 Å². The van der Waals surface area contributed by atoms with Gasteiger partial charge in [0.1, 0.15) is 11.5 Å². The molecule has 2 amide bonds. The molecule has 1 heterocycles. The molecule has 0 atom stereocenters. The van der Waals surface area contributed by atoms with Crippen molar-refractivity contribution in [3.8, 4) is 6.07 Å². The van der Waals surface area contributed by atoms with E-state index in [1.807, 2.05) is 37.3 Å². The molecule has 0 saturated heterocycles. The van der Waals surface area contributed by atoms with Crippen molar-refractivity contribution in [3.63, 3.8) is 0 Å². The van der Waals surface area contributed by atoms with E-state index < -0.39 is 17.6 Å². The van der Waals surface area contributed by atoms with Crippen LogP contribution < -0.4 is 10.2 Å². The second-order valence-corrected chi connectivity index (χ2v) is 6.80. The van der Waals surface area contributed by atoms with Gasteiger partial charge in [-0.25, -0.2) is 9.29 Å². The lowest BCUT2D eigenvalue weighted by atomic mass is 10.0. The van der Waals surface area contributed by atoms with Gasteiger partial charge in [0.2, 0.25) is 0 Å². The number of carbonyl (C=O) groups is 2. The average Bonchev–Trinajstić information content (AvgIpc) is 3.00. The molecule has 1 aliphatic heterocycles. The molecule has 0 unspecified atom stereocenters. The molecule has 4 rings (SSSR count). The number of amides is 2. The fourth-order valence-electron chi connectivity index (χ4n) is 3.30. The Labute approximate surface area is 172 Å². The monoisotopic (exact) mass is 397 g/mol. The van der Waals surface area contributed by atoms with E-state index in [4.69, 9.17) is 5.26 Å². The number of nitrogens with zero attached hydrogens (tertiary/aromatic N) is 2. The first-order valence-electron chi connectivity index (χ1n) is 9.21. The van der Waals surface area contributed by atoms with Gasteiger partial charge in [-0.2, -0.15) is 5.26 Å². The molecule has 0 bridgehead atoms. The number of benzene rings is 3. The summed E-state index contributed by atoms with van der Waals surface area (Å²) in [5.74, 6) is -1.48. The van der Waals surface area contributed by atoms with Crippen LogP contribution in [0.4, 0.5) is 15.8 Å². The number of nitriles is 1. The van der Waals surface area contributed by atoms with Crippen LogP contribution in [-0.4, -0.2) is 11.8 Å². The minimum Gasteiger partial charge on any atom is -0.350 e. The van der Waals surface area contributed by atoms with E-state index in [1.165, 1.54) is 24.3 Å².